The third kappa shape index (κ3) is 5.47. The van der Waals surface area contributed by atoms with Crippen LogP contribution >= 0.6 is 0 Å². The van der Waals surface area contributed by atoms with Crippen LogP contribution in [0.4, 0.5) is 0 Å². The van der Waals surface area contributed by atoms with Crippen molar-refractivity contribution in [1.29, 1.82) is 0 Å². The van der Waals surface area contributed by atoms with Crippen molar-refractivity contribution in [3.63, 3.8) is 0 Å². The molecule has 0 saturated heterocycles. The van der Waals surface area contributed by atoms with Gasteiger partial charge in [-0.15, -0.1) is 0 Å². The quantitative estimate of drug-likeness (QED) is 0.104. The van der Waals surface area contributed by atoms with Gasteiger partial charge in [0.15, 0.2) is 0 Å². The maximum atomic E-state index is 13.4. The molecule has 9 N–H and O–H groups in total. The number of aryl methyl sites for hydroxylation is 1. The topological polar surface area (TPSA) is 235 Å². The molecule has 0 aliphatic heterocycles. The van der Waals surface area contributed by atoms with E-state index in [2.05, 4.69) is 0 Å². The second kappa shape index (κ2) is 10.6. The van der Waals surface area contributed by atoms with Crippen LogP contribution in [0.15, 0.2) is 48.5 Å². The number of Topliss-reactive ketones (excluding diaryl/α,β-unsaturated/α-hetero) is 2. The lowest BCUT2D eigenvalue weighted by Gasteiger charge is -2.45. The number of methoxy groups -OCH3 is 2. The van der Waals surface area contributed by atoms with Gasteiger partial charge >= 0.3 is 11.8 Å². The Morgan fingerprint density at radius 2 is 1.16 bits per heavy atom. The van der Waals surface area contributed by atoms with Crippen LogP contribution in [0.1, 0.15) is 40.4 Å². The minimum atomic E-state index is -4.68. The number of benzene rings is 2. The van der Waals surface area contributed by atoms with Crippen molar-refractivity contribution in [3.8, 4) is 0 Å². The van der Waals surface area contributed by atoms with Crippen molar-refractivity contribution < 1.29 is 65.0 Å². The zero-order valence-corrected chi connectivity index (χ0v) is 20.2. The largest absolute Gasteiger partial charge is 0.358 e. The number of aliphatic hydroxyl groups is 9. The lowest BCUT2D eigenvalue weighted by molar-refractivity contribution is -0.547. The molecule has 2 aromatic rings. The van der Waals surface area contributed by atoms with Gasteiger partial charge in [0.25, 0.3) is 17.4 Å². The van der Waals surface area contributed by atoms with Crippen LogP contribution in [-0.4, -0.2) is 89.3 Å². The van der Waals surface area contributed by atoms with Gasteiger partial charge in [0.05, 0.1) is 0 Å². The first-order valence-electron chi connectivity index (χ1n) is 10.7. The molecule has 0 heterocycles. The molecule has 0 atom stereocenters. The molecule has 0 aromatic heterocycles. The van der Waals surface area contributed by atoms with Gasteiger partial charge in [0, 0.05) is 37.3 Å². The average Bonchev–Trinajstić information content (AvgIpc) is 2.83. The minimum absolute atomic E-state index is 0.00994. The summed E-state index contributed by atoms with van der Waals surface area (Å²) in [4.78, 5) is 24.5. The molecule has 0 aliphatic rings. The molecule has 0 fully saturated rings. The summed E-state index contributed by atoms with van der Waals surface area (Å²) in [5.41, 5.74) is 0.126. The van der Waals surface area contributed by atoms with E-state index in [9.17, 15) is 40.2 Å². The predicted octanol–water partition coefficient (Wildman–Crippen LogP) is -2.33. The number of rotatable bonds is 12. The van der Waals surface area contributed by atoms with E-state index in [-0.39, 0.29) is 16.9 Å². The summed E-state index contributed by atoms with van der Waals surface area (Å²) in [5.74, 6) is -20.6. The molecule has 0 radical (unpaired) electrons. The van der Waals surface area contributed by atoms with Gasteiger partial charge in [-0.3, -0.25) is 4.79 Å². The highest BCUT2D eigenvalue weighted by Crippen LogP contribution is 2.40. The molecule has 2 rings (SSSR count). The van der Waals surface area contributed by atoms with Crippen LogP contribution < -0.4 is 0 Å². The van der Waals surface area contributed by atoms with E-state index in [1.54, 1.807) is 12.1 Å². The molecule has 204 valence electrons. The summed E-state index contributed by atoms with van der Waals surface area (Å²) in [6, 6.07) is 10.1. The van der Waals surface area contributed by atoms with Crippen LogP contribution in [-0.2, 0) is 32.3 Å². The monoisotopic (exact) mass is 526 g/mol. The fraction of sp³-hybridized carbons (Fsp3) is 0.417. The molecule has 0 spiro atoms. The normalized spacial score (nSPS) is 13.5. The SMILES string of the molecule is COC(OC)(C(=O)c1ccc(CCC(C)=O)cc1)c1ccc(C(O)(O)C(O)(O)C(O)(O)C(O)(O)O)cc1. The summed E-state index contributed by atoms with van der Waals surface area (Å²) >= 11 is 0. The Morgan fingerprint density at radius 1 is 0.703 bits per heavy atom. The van der Waals surface area contributed by atoms with Crippen LogP contribution in [0, 0.1) is 0 Å². The fourth-order valence-electron chi connectivity index (χ4n) is 3.57. The van der Waals surface area contributed by atoms with Crippen molar-refractivity contribution in [2.45, 2.75) is 48.9 Å². The second-order valence-electron chi connectivity index (χ2n) is 8.48. The highest BCUT2D eigenvalue weighted by molar-refractivity contribution is 6.02. The summed E-state index contributed by atoms with van der Waals surface area (Å²) in [6.07, 6.45) is 0.822. The minimum Gasteiger partial charge on any atom is -0.358 e. The van der Waals surface area contributed by atoms with Crippen LogP contribution in [0.5, 0.6) is 0 Å². The van der Waals surface area contributed by atoms with Gasteiger partial charge in [-0.05, 0) is 18.9 Å². The van der Waals surface area contributed by atoms with E-state index < -0.39 is 40.5 Å². The third-order valence-corrected chi connectivity index (χ3v) is 5.96. The van der Waals surface area contributed by atoms with Gasteiger partial charge in [-0.1, -0.05) is 48.5 Å². The van der Waals surface area contributed by atoms with E-state index >= 15 is 0 Å². The molecule has 0 bridgehead atoms. The number of ether oxygens (including phenoxy) is 2. The van der Waals surface area contributed by atoms with Gasteiger partial charge in [0.2, 0.25) is 5.78 Å². The Kier molecular flexibility index (Phi) is 8.76. The number of carbonyl (C=O) groups is 2. The van der Waals surface area contributed by atoms with Crippen LogP contribution in [0.2, 0.25) is 0 Å². The molecular weight excluding hydrogens is 496 g/mol. The lowest BCUT2D eigenvalue weighted by atomic mass is 9.87. The zero-order chi connectivity index (χ0) is 28.4. The fourth-order valence-corrected chi connectivity index (χ4v) is 3.57. The smallest absolute Gasteiger partial charge is 0.338 e. The van der Waals surface area contributed by atoms with Crippen molar-refractivity contribution in [1.82, 2.24) is 0 Å². The summed E-state index contributed by atoms with van der Waals surface area (Å²) in [6.45, 7) is 1.47. The summed E-state index contributed by atoms with van der Waals surface area (Å²) in [5, 5.41) is 86.7. The molecule has 37 heavy (non-hydrogen) atoms. The molecular formula is C24H30O13. The van der Waals surface area contributed by atoms with Crippen LogP contribution in [0.3, 0.4) is 0 Å². The number of carbonyl (C=O) groups excluding carboxylic acids is 2. The Morgan fingerprint density at radius 3 is 1.57 bits per heavy atom. The first kappa shape index (κ1) is 30.6. The number of hydrogen-bond donors (Lipinski definition) is 9. The van der Waals surface area contributed by atoms with Gasteiger partial charge in [0.1, 0.15) is 5.78 Å². The standard InChI is InChI=1S/C24H30O13/c1-14(25)4-5-15-6-8-16(9-7-15)19(26)20(36-2,37-3)17-10-12-18(13-11-17)21(27,28)22(29,30)23(31,32)24(33,34)35/h6-13,27-35H,4-5H2,1-3H3. The van der Waals surface area contributed by atoms with E-state index in [0.717, 1.165) is 29.8 Å². The Balaban J connectivity index is 2.44. The third-order valence-electron chi connectivity index (χ3n) is 5.96. The highest BCUT2D eigenvalue weighted by atomic mass is 16.8. The Bertz CT molecular complexity index is 1090. The molecule has 0 unspecified atom stereocenters. The number of hydrogen-bond acceptors (Lipinski definition) is 13. The Hall–Kier alpha value is -2.66. The zero-order valence-electron chi connectivity index (χ0n) is 20.2. The lowest BCUT2D eigenvalue weighted by Crippen LogP contribution is -2.75. The van der Waals surface area contributed by atoms with E-state index in [4.69, 9.17) is 24.8 Å². The van der Waals surface area contributed by atoms with E-state index in [0.29, 0.717) is 12.8 Å². The van der Waals surface area contributed by atoms with Gasteiger partial charge in [-0.2, -0.15) is 0 Å². The molecule has 13 heteroatoms. The summed E-state index contributed by atoms with van der Waals surface area (Å²) < 4.78 is 10.7. The van der Waals surface area contributed by atoms with Crippen molar-refractivity contribution in [2.24, 2.45) is 0 Å². The molecule has 0 aliphatic carbocycles. The van der Waals surface area contributed by atoms with E-state index in [1.165, 1.54) is 33.3 Å². The summed E-state index contributed by atoms with van der Waals surface area (Å²) in [7, 11) is 2.33. The van der Waals surface area contributed by atoms with Gasteiger partial charge < -0.3 is 60.2 Å². The molecule has 0 amide bonds. The maximum Gasteiger partial charge on any atom is 0.338 e. The molecule has 2 aromatic carbocycles. The van der Waals surface area contributed by atoms with Crippen molar-refractivity contribution >= 4 is 11.6 Å². The average molecular weight is 526 g/mol. The highest BCUT2D eigenvalue weighted by Gasteiger charge is 2.71. The molecule has 13 nitrogen and oxygen atoms in total. The maximum absolute atomic E-state index is 13.4. The van der Waals surface area contributed by atoms with Crippen molar-refractivity contribution in [3.05, 3.63) is 70.8 Å². The van der Waals surface area contributed by atoms with Crippen molar-refractivity contribution in [2.75, 3.05) is 14.2 Å². The second-order valence-corrected chi connectivity index (χ2v) is 8.48. The predicted molar refractivity (Wildman–Crippen MR) is 122 cm³/mol. The first-order chi connectivity index (χ1) is 16.9. The molecule has 0 saturated carbocycles. The number of ketones is 2. The Labute approximate surface area is 211 Å². The van der Waals surface area contributed by atoms with Crippen LogP contribution in [0.25, 0.3) is 0 Å². The van der Waals surface area contributed by atoms with Gasteiger partial charge in [-0.25, -0.2) is 0 Å². The first-order valence-corrected chi connectivity index (χ1v) is 10.7. The van der Waals surface area contributed by atoms with E-state index in [1.807, 2.05) is 0 Å².